The fourth-order valence-electron chi connectivity index (χ4n) is 6.30. The van der Waals surface area contributed by atoms with E-state index >= 15 is 0 Å². The van der Waals surface area contributed by atoms with E-state index in [9.17, 15) is 14.4 Å². The van der Waals surface area contributed by atoms with Crippen LogP contribution in [0.15, 0.2) is 41.3 Å². The summed E-state index contributed by atoms with van der Waals surface area (Å²) in [5, 5.41) is 0. The van der Waals surface area contributed by atoms with E-state index < -0.39 is 11.4 Å². The van der Waals surface area contributed by atoms with Crippen LogP contribution in [0.5, 0.6) is 5.75 Å². The average Bonchev–Trinajstić information content (AvgIpc) is 3.08. The van der Waals surface area contributed by atoms with E-state index in [1.54, 1.807) is 11.5 Å². The number of ether oxygens (including phenoxy) is 2. The van der Waals surface area contributed by atoms with E-state index in [4.69, 9.17) is 9.47 Å². The van der Waals surface area contributed by atoms with Crippen molar-refractivity contribution in [2.75, 3.05) is 6.61 Å². The number of amides is 1. The Balaban J connectivity index is 1.60. The lowest BCUT2D eigenvalue weighted by molar-refractivity contribution is 0.0332. The maximum Gasteiger partial charge on any atom is 0.343 e. The van der Waals surface area contributed by atoms with Gasteiger partial charge in [0.1, 0.15) is 12.2 Å². The van der Waals surface area contributed by atoms with Crippen LogP contribution in [0, 0.1) is 5.92 Å². The van der Waals surface area contributed by atoms with Crippen LogP contribution in [0.3, 0.4) is 0 Å². The monoisotopic (exact) mass is 492 g/mol. The maximum absolute atomic E-state index is 14.2. The number of aromatic nitrogens is 1. The molecule has 7 heteroatoms. The molecule has 0 aliphatic carbocycles. The van der Waals surface area contributed by atoms with Crippen molar-refractivity contribution in [2.24, 2.45) is 5.92 Å². The summed E-state index contributed by atoms with van der Waals surface area (Å²) in [5.41, 5.74) is 0.496. The third-order valence-electron chi connectivity index (χ3n) is 8.05. The summed E-state index contributed by atoms with van der Waals surface area (Å²) in [7, 11) is 0. The minimum atomic E-state index is -0.679. The van der Waals surface area contributed by atoms with Crippen molar-refractivity contribution in [3.63, 3.8) is 0 Å². The van der Waals surface area contributed by atoms with Crippen molar-refractivity contribution in [3.8, 4) is 5.75 Å². The zero-order chi connectivity index (χ0) is 25.1. The quantitative estimate of drug-likeness (QED) is 0.552. The van der Waals surface area contributed by atoms with Gasteiger partial charge < -0.3 is 18.9 Å². The number of pyridine rings is 1. The van der Waals surface area contributed by atoms with Gasteiger partial charge in [0.05, 0.1) is 12.6 Å². The molecule has 3 unspecified atom stereocenters. The van der Waals surface area contributed by atoms with E-state index in [-0.39, 0.29) is 48.2 Å². The van der Waals surface area contributed by atoms with Crippen molar-refractivity contribution in [2.45, 2.75) is 89.9 Å². The molecular weight excluding hydrogens is 456 g/mol. The van der Waals surface area contributed by atoms with Crippen LogP contribution in [0.2, 0.25) is 0 Å². The van der Waals surface area contributed by atoms with Crippen LogP contribution < -0.4 is 10.2 Å². The number of carbonyl (C=O) groups excluding carboxylic acids is 2. The van der Waals surface area contributed by atoms with Crippen molar-refractivity contribution in [1.29, 1.82) is 0 Å². The third-order valence-corrected chi connectivity index (χ3v) is 8.05. The molecule has 2 aromatic rings. The van der Waals surface area contributed by atoms with Crippen LogP contribution in [-0.4, -0.2) is 40.0 Å². The number of carbonyl (C=O) groups is 2. The molecule has 0 spiro atoms. The van der Waals surface area contributed by atoms with Crippen LogP contribution in [-0.2, 0) is 17.9 Å². The average molecular weight is 493 g/mol. The van der Waals surface area contributed by atoms with Crippen molar-refractivity contribution in [1.82, 2.24) is 9.47 Å². The number of esters is 1. The second-order valence-corrected chi connectivity index (χ2v) is 10.3. The molecular formula is C29H36N2O5. The molecule has 7 nitrogen and oxygen atoms in total. The highest BCUT2D eigenvalue weighted by Gasteiger charge is 2.44. The number of benzene rings is 1. The number of hydrogen-bond acceptors (Lipinski definition) is 5. The van der Waals surface area contributed by atoms with E-state index in [1.165, 1.54) is 25.5 Å². The molecule has 0 N–H and O–H groups in total. The van der Waals surface area contributed by atoms with Crippen LogP contribution in [0.4, 0.5) is 0 Å². The van der Waals surface area contributed by atoms with Gasteiger partial charge in [0.15, 0.2) is 11.4 Å². The Morgan fingerprint density at radius 3 is 2.47 bits per heavy atom. The first-order chi connectivity index (χ1) is 17.6. The Morgan fingerprint density at radius 1 is 0.972 bits per heavy atom. The fraction of sp³-hybridized carbons (Fsp3) is 0.552. The predicted octanol–water partition coefficient (Wildman–Crippen LogP) is 4.95. The Labute approximate surface area is 212 Å². The fourth-order valence-corrected chi connectivity index (χ4v) is 6.30. The minimum absolute atomic E-state index is 0.0421. The summed E-state index contributed by atoms with van der Waals surface area (Å²) in [6, 6.07) is 9.78. The van der Waals surface area contributed by atoms with Gasteiger partial charge in [-0.3, -0.25) is 9.59 Å². The maximum atomic E-state index is 14.2. The number of rotatable bonds is 5. The van der Waals surface area contributed by atoms with Gasteiger partial charge in [-0.05, 0) is 44.1 Å². The lowest BCUT2D eigenvalue weighted by atomic mass is 9.87. The molecule has 2 bridgehead atoms. The highest BCUT2D eigenvalue weighted by atomic mass is 16.5. The van der Waals surface area contributed by atoms with Gasteiger partial charge in [-0.2, -0.15) is 0 Å². The van der Waals surface area contributed by atoms with Gasteiger partial charge in [0, 0.05) is 18.8 Å². The molecule has 4 heterocycles. The molecule has 1 amide bonds. The number of fused-ring (bicyclic) bond motifs is 1. The highest BCUT2D eigenvalue weighted by Crippen LogP contribution is 2.39. The molecule has 2 fully saturated rings. The summed E-state index contributed by atoms with van der Waals surface area (Å²) >= 11 is 0. The van der Waals surface area contributed by atoms with Gasteiger partial charge in [-0.15, -0.1) is 0 Å². The normalized spacial score (nSPS) is 23.9. The van der Waals surface area contributed by atoms with Crippen LogP contribution in [0.25, 0.3) is 0 Å². The summed E-state index contributed by atoms with van der Waals surface area (Å²) in [6.45, 7) is 2.58. The van der Waals surface area contributed by atoms with E-state index in [0.29, 0.717) is 12.5 Å². The molecule has 1 aromatic carbocycles. The standard InChI is InChI=1S/C29H36N2O5/c1-2-35-29(34)23-17-30-18-24-21-13-8-3-4-9-15-22(16-10-14-21)31(24)28(33)25(30)27(26(23)32)36-19-20-11-6-5-7-12-20/h5-7,11-12,17,21-22,24H,2-4,8-10,13-16,18-19H2,1H3. The first-order valence-corrected chi connectivity index (χ1v) is 13.5. The predicted molar refractivity (Wildman–Crippen MR) is 136 cm³/mol. The number of hydrogen-bond donors (Lipinski definition) is 0. The highest BCUT2D eigenvalue weighted by molar-refractivity contribution is 5.98. The topological polar surface area (TPSA) is 77.8 Å². The van der Waals surface area contributed by atoms with Gasteiger partial charge in [0.25, 0.3) is 5.91 Å². The summed E-state index contributed by atoms with van der Waals surface area (Å²) in [4.78, 5) is 42.6. The SMILES string of the molecule is CCOC(=O)c1cn2c(c(OCc3ccccc3)c1=O)C(=O)N1C3CCCCCCC(CCC3)C1C2. The molecule has 192 valence electrons. The second kappa shape index (κ2) is 10.9. The summed E-state index contributed by atoms with van der Waals surface area (Å²) in [6.07, 6.45) is 11.6. The summed E-state index contributed by atoms with van der Waals surface area (Å²) < 4.78 is 13.1. The van der Waals surface area contributed by atoms with E-state index in [2.05, 4.69) is 4.90 Å². The molecule has 3 aliphatic heterocycles. The lowest BCUT2D eigenvalue weighted by Gasteiger charge is -2.44. The first kappa shape index (κ1) is 24.6. The van der Waals surface area contributed by atoms with Crippen molar-refractivity contribution < 1.29 is 19.1 Å². The zero-order valence-electron chi connectivity index (χ0n) is 21.1. The third kappa shape index (κ3) is 4.80. The zero-order valence-corrected chi connectivity index (χ0v) is 21.1. The molecule has 3 atom stereocenters. The largest absolute Gasteiger partial charge is 0.483 e. The van der Waals surface area contributed by atoms with Crippen LogP contribution in [0.1, 0.15) is 91.1 Å². The van der Waals surface area contributed by atoms with Gasteiger partial charge in [0.2, 0.25) is 5.43 Å². The van der Waals surface area contributed by atoms with Gasteiger partial charge in [-0.1, -0.05) is 62.4 Å². The van der Waals surface area contributed by atoms with Gasteiger partial charge >= 0.3 is 5.97 Å². The molecule has 5 rings (SSSR count). The molecule has 0 saturated carbocycles. The van der Waals surface area contributed by atoms with Crippen molar-refractivity contribution >= 4 is 11.9 Å². The van der Waals surface area contributed by atoms with E-state index in [0.717, 1.165) is 44.1 Å². The summed E-state index contributed by atoms with van der Waals surface area (Å²) in [5.74, 6) is -0.440. The Bertz CT molecular complexity index is 1160. The smallest absolute Gasteiger partial charge is 0.343 e. The Kier molecular flexibility index (Phi) is 7.44. The first-order valence-electron chi connectivity index (χ1n) is 13.5. The lowest BCUT2D eigenvalue weighted by Crippen LogP contribution is -2.55. The van der Waals surface area contributed by atoms with E-state index in [1.807, 2.05) is 30.3 Å². The molecule has 2 saturated heterocycles. The molecule has 1 aromatic heterocycles. The molecule has 3 aliphatic rings. The van der Waals surface area contributed by atoms with Crippen LogP contribution >= 0.6 is 0 Å². The Hall–Kier alpha value is -3.09. The minimum Gasteiger partial charge on any atom is -0.483 e. The number of nitrogens with zero attached hydrogens (tertiary/aromatic N) is 2. The molecule has 0 radical (unpaired) electrons. The molecule has 36 heavy (non-hydrogen) atoms. The van der Waals surface area contributed by atoms with Crippen molar-refractivity contribution in [3.05, 3.63) is 63.6 Å². The second-order valence-electron chi connectivity index (χ2n) is 10.3. The Morgan fingerprint density at radius 2 is 1.69 bits per heavy atom. The van der Waals surface area contributed by atoms with Gasteiger partial charge in [-0.25, -0.2) is 4.79 Å².